The predicted octanol–water partition coefficient (Wildman–Crippen LogP) is 0.992. The lowest BCUT2D eigenvalue weighted by atomic mass is 10.2. The normalized spacial score (nSPS) is 17.8. The van der Waals surface area contributed by atoms with Crippen molar-refractivity contribution in [2.24, 2.45) is 5.73 Å². The van der Waals surface area contributed by atoms with Crippen LogP contribution < -0.4 is 15.5 Å². The van der Waals surface area contributed by atoms with Crippen molar-refractivity contribution in [1.29, 1.82) is 0 Å². The van der Waals surface area contributed by atoms with Gasteiger partial charge in [-0.1, -0.05) is 5.21 Å². The number of piperazine rings is 1. The Hall–Kier alpha value is -3.95. The summed E-state index contributed by atoms with van der Waals surface area (Å²) in [7, 11) is 0. The van der Waals surface area contributed by atoms with Gasteiger partial charge in [0.25, 0.3) is 0 Å². The highest BCUT2D eigenvalue weighted by molar-refractivity contribution is 5.90. The summed E-state index contributed by atoms with van der Waals surface area (Å²) < 4.78 is 53.6. The SMILES string of the molecule is Cc1cn(C[C@H]2CN(c3ccc(N4CCN(C(=O)CN)CC4)c(F)c3)C(=O)O2)nn1.O=C(O)C(F)(F)F. The van der Waals surface area contributed by atoms with Gasteiger partial charge in [0.05, 0.1) is 36.7 Å². The van der Waals surface area contributed by atoms with Crippen LogP contribution in [0.25, 0.3) is 0 Å². The topological polar surface area (TPSA) is 147 Å². The number of aliphatic carboxylic acids is 1. The van der Waals surface area contributed by atoms with Gasteiger partial charge >= 0.3 is 18.2 Å². The molecule has 1 aromatic carbocycles. The fourth-order valence-corrected chi connectivity index (χ4v) is 3.77. The maximum absolute atomic E-state index is 14.8. The summed E-state index contributed by atoms with van der Waals surface area (Å²) in [6.45, 7) is 4.54. The van der Waals surface area contributed by atoms with Gasteiger partial charge in [-0.25, -0.2) is 18.7 Å². The van der Waals surface area contributed by atoms with Crippen molar-refractivity contribution in [3.8, 4) is 0 Å². The number of carboxylic acid groups (broad SMARTS) is 1. The lowest BCUT2D eigenvalue weighted by molar-refractivity contribution is -0.192. The maximum atomic E-state index is 14.8. The number of aromatic nitrogens is 3. The highest BCUT2D eigenvalue weighted by Crippen LogP contribution is 2.29. The van der Waals surface area contributed by atoms with Gasteiger partial charge in [-0.2, -0.15) is 13.2 Å². The van der Waals surface area contributed by atoms with Gasteiger partial charge in [-0.15, -0.1) is 5.10 Å². The second kappa shape index (κ2) is 11.4. The molecule has 2 amide bonds. The molecular weight excluding hydrogens is 506 g/mol. The van der Waals surface area contributed by atoms with Crippen molar-refractivity contribution in [1.82, 2.24) is 19.9 Å². The fraction of sp³-hybridized carbons (Fsp3) is 0.476. The number of anilines is 2. The average molecular weight is 531 g/mol. The molecule has 202 valence electrons. The van der Waals surface area contributed by atoms with Crippen LogP contribution in [0.15, 0.2) is 24.4 Å². The summed E-state index contributed by atoms with van der Waals surface area (Å²) in [5.41, 5.74) is 7.06. The number of carboxylic acids is 1. The number of carbonyl (C=O) groups excluding carboxylic acids is 2. The van der Waals surface area contributed by atoms with E-state index >= 15 is 0 Å². The molecule has 2 aliphatic rings. The van der Waals surface area contributed by atoms with Crippen molar-refractivity contribution in [2.75, 3.05) is 49.1 Å². The van der Waals surface area contributed by atoms with Crippen LogP contribution in [-0.2, 0) is 20.9 Å². The molecule has 4 rings (SSSR count). The minimum atomic E-state index is -5.08. The van der Waals surface area contributed by atoms with E-state index in [1.807, 2.05) is 11.8 Å². The molecule has 0 aliphatic carbocycles. The number of amides is 2. The molecule has 1 atom stereocenters. The van der Waals surface area contributed by atoms with Crippen LogP contribution in [0.1, 0.15) is 5.69 Å². The average Bonchev–Trinajstić information content (AvgIpc) is 3.42. The Kier molecular flexibility index (Phi) is 8.52. The third kappa shape index (κ3) is 7.05. The predicted molar refractivity (Wildman–Crippen MR) is 120 cm³/mol. The second-order valence-electron chi connectivity index (χ2n) is 8.21. The Bertz CT molecular complexity index is 1130. The number of nitrogens with zero attached hydrogens (tertiary/aromatic N) is 6. The smallest absolute Gasteiger partial charge is 0.475 e. The summed E-state index contributed by atoms with van der Waals surface area (Å²) in [6, 6.07) is 4.71. The first-order valence-electron chi connectivity index (χ1n) is 11.1. The number of rotatable bonds is 5. The molecule has 37 heavy (non-hydrogen) atoms. The van der Waals surface area contributed by atoms with Crippen molar-refractivity contribution in [3.05, 3.63) is 35.9 Å². The molecule has 0 bridgehead atoms. The number of ether oxygens (including phenoxy) is 1. The lowest BCUT2D eigenvalue weighted by Crippen LogP contribution is -2.50. The van der Waals surface area contributed by atoms with E-state index in [-0.39, 0.29) is 12.5 Å². The molecule has 0 spiro atoms. The van der Waals surface area contributed by atoms with Gasteiger partial charge in [-0.3, -0.25) is 9.69 Å². The Morgan fingerprint density at radius 2 is 1.86 bits per heavy atom. The first-order valence-corrected chi connectivity index (χ1v) is 11.1. The molecule has 16 heteroatoms. The number of hydrogen-bond acceptors (Lipinski definition) is 8. The lowest BCUT2D eigenvalue weighted by Gasteiger charge is -2.36. The first-order chi connectivity index (χ1) is 17.4. The number of alkyl halides is 3. The van der Waals surface area contributed by atoms with E-state index in [4.69, 9.17) is 20.4 Å². The minimum Gasteiger partial charge on any atom is -0.475 e. The Morgan fingerprint density at radius 1 is 1.22 bits per heavy atom. The Balaban J connectivity index is 0.000000479. The van der Waals surface area contributed by atoms with Crippen molar-refractivity contribution in [3.63, 3.8) is 0 Å². The molecule has 0 unspecified atom stereocenters. The van der Waals surface area contributed by atoms with Crippen LogP contribution in [0.5, 0.6) is 0 Å². The summed E-state index contributed by atoms with van der Waals surface area (Å²) in [4.78, 5) is 37.9. The van der Waals surface area contributed by atoms with Crippen molar-refractivity contribution in [2.45, 2.75) is 25.7 Å². The highest BCUT2D eigenvalue weighted by atomic mass is 19.4. The molecule has 2 aromatic rings. The van der Waals surface area contributed by atoms with E-state index in [1.54, 1.807) is 27.9 Å². The number of hydrogen-bond donors (Lipinski definition) is 2. The Labute approximate surface area is 208 Å². The highest BCUT2D eigenvalue weighted by Gasteiger charge is 2.38. The van der Waals surface area contributed by atoms with E-state index in [0.717, 1.165) is 5.69 Å². The summed E-state index contributed by atoms with van der Waals surface area (Å²) in [6.07, 6.45) is -4.22. The van der Waals surface area contributed by atoms with Crippen LogP contribution in [0.3, 0.4) is 0 Å². The number of cyclic esters (lactones) is 1. The van der Waals surface area contributed by atoms with Crippen LogP contribution in [0.2, 0.25) is 0 Å². The Morgan fingerprint density at radius 3 is 2.38 bits per heavy atom. The van der Waals surface area contributed by atoms with E-state index in [1.165, 1.54) is 11.0 Å². The monoisotopic (exact) mass is 531 g/mol. The zero-order chi connectivity index (χ0) is 27.3. The van der Waals surface area contributed by atoms with Gasteiger partial charge < -0.3 is 25.4 Å². The zero-order valence-corrected chi connectivity index (χ0v) is 19.7. The molecule has 2 saturated heterocycles. The second-order valence-corrected chi connectivity index (χ2v) is 8.21. The van der Waals surface area contributed by atoms with Crippen molar-refractivity contribution < 1.29 is 41.8 Å². The largest absolute Gasteiger partial charge is 0.490 e. The maximum Gasteiger partial charge on any atom is 0.490 e. The number of halogens is 4. The molecule has 2 aliphatic heterocycles. The third-order valence-electron chi connectivity index (χ3n) is 5.55. The molecule has 0 radical (unpaired) electrons. The number of nitrogens with two attached hydrogens (primary N) is 1. The molecular formula is C21H25F4N7O5. The molecule has 3 heterocycles. The molecule has 12 nitrogen and oxygen atoms in total. The van der Waals surface area contributed by atoms with Gasteiger partial charge in [0.15, 0.2) is 0 Å². The molecule has 2 fully saturated rings. The zero-order valence-electron chi connectivity index (χ0n) is 19.7. The number of carbonyl (C=O) groups is 3. The molecule has 3 N–H and O–H groups in total. The summed E-state index contributed by atoms with van der Waals surface area (Å²) >= 11 is 0. The van der Waals surface area contributed by atoms with Crippen LogP contribution in [0.4, 0.5) is 33.7 Å². The quantitative estimate of drug-likeness (QED) is 0.539. The first kappa shape index (κ1) is 27.6. The van der Waals surface area contributed by atoms with Gasteiger partial charge in [0, 0.05) is 32.4 Å². The summed E-state index contributed by atoms with van der Waals surface area (Å²) in [5.74, 6) is -3.28. The third-order valence-corrected chi connectivity index (χ3v) is 5.55. The van der Waals surface area contributed by atoms with Crippen LogP contribution >= 0.6 is 0 Å². The van der Waals surface area contributed by atoms with Gasteiger partial charge in [0.1, 0.15) is 11.9 Å². The fourth-order valence-electron chi connectivity index (χ4n) is 3.77. The van der Waals surface area contributed by atoms with Crippen LogP contribution in [0, 0.1) is 12.7 Å². The van der Waals surface area contributed by atoms with Crippen LogP contribution in [-0.4, -0.2) is 94.5 Å². The van der Waals surface area contributed by atoms with E-state index < -0.39 is 30.2 Å². The molecule has 1 aromatic heterocycles. The van der Waals surface area contributed by atoms with E-state index in [2.05, 4.69) is 10.3 Å². The summed E-state index contributed by atoms with van der Waals surface area (Å²) in [5, 5.41) is 15.0. The standard InChI is InChI=1S/C19H24FN7O3.C2HF3O2/c1-13-10-26(23-22-13)11-15-12-27(19(29)30-15)14-2-3-17(16(20)8-14)24-4-6-25(7-5-24)18(28)9-21;3-2(4,5)1(6)7/h2-3,8,10,15H,4-7,9,11-12,21H2,1H3;(H,6,7)/t15-;/m0./s1. The van der Waals surface area contributed by atoms with Crippen molar-refractivity contribution >= 4 is 29.3 Å². The van der Waals surface area contributed by atoms with E-state index in [0.29, 0.717) is 50.6 Å². The van der Waals surface area contributed by atoms with Gasteiger partial charge in [0.2, 0.25) is 5.91 Å². The number of benzene rings is 1. The minimum absolute atomic E-state index is 0.0213. The number of aryl methyl sites for hydroxylation is 1. The molecule has 0 saturated carbocycles. The van der Waals surface area contributed by atoms with Gasteiger partial charge in [-0.05, 0) is 25.1 Å². The van der Waals surface area contributed by atoms with E-state index in [9.17, 15) is 27.2 Å².